The van der Waals surface area contributed by atoms with E-state index in [1.165, 1.54) is 0 Å². The number of hydrogen-bond donors (Lipinski definition) is 1. The molecule has 0 aliphatic carbocycles. The topological polar surface area (TPSA) is 90.0 Å². The third-order valence-electron chi connectivity index (χ3n) is 7.53. The predicted octanol–water partition coefficient (Wildman–Crippen LogP) is 2.36. The first-order valence-electron chi connectivity index (χ1n) is 12.8. The lowest BCUT2D eigenvalue weighted by molar-refractivity contribution is -0.140. The Hall–Kier alpha value is -3.68. The van der Waals surface area contributed by atoms with E-state index >= 15 is 0 Å². The highest BCUT2D eigenvalue weighted by Crippen LogP contribution is 2.35. The molecule has 8 heteroatoms. The van der Waals surface area contributed by atoms with E-state index in [0.29, 0.717) is 43.6 Å². The number of fused-ring (bicyclic) bond motifs is 1. The molecule has 3 aliphatic rings. The zero-order valence-electron chi connectivity index (χ0n) is 20.4. The third-order valence-corrected chi connectivity index (χ3v) is 7.53. The Kier molecular flexibility index (Phi) is 7.02. The van der Waals surface area contributed by atoms with Gasteiger partial charge in [0.25, 0.3) is 5.91 Å². The summed E-state index contributed by atoms with van der Waals surface area (Å²) in [5.74, 6) is -0.518. The number of likely N-dealkylation sites (tertiary alicyclic amines) is 2. The minimum atomic E-state index is -0.787. The van der Waals surface area contributed by atoms with Crippen molar-refractivity contribution in [1.82, 2.24) is 20.0 Å². The number of carbonyl (C=O) groups is 4. The van der Waals surface area contributed by atoms with Crippen LogP contribution in [0.1, 0.15) is 53.2 Å². The van der Waals surface area contributed by atoms with Gasteiger partial charge in [0.2, 0.25) is 17.7 Å². The summed E-state index contributed by atoms with van der Waals surface area (Å²) in [6, 6.07) is 15.9. The molecule has 0 radical (unpaired) electrons. The van der Waals surface area contributed by atoms with Crippen molar-refractivity contribution in [3.8, 4) is 0 Å². The van der Waals surface area contributed by atoms with Gasteiger partial charge in [0.15, 0.2) is 0 Å². The Morgan fingerprint density at radius 2 is 1.50 bits per heavy atom. The molecule has 2 aromatic rings. The van der Waals surface area contributed by atoms with Crippen molar-refractivity contribution in [2.75, 3.05) is 32.7 Å². The van der Waals surface area contributed by atoms with E-state index < -0.39 is 6.04 Å². The summed E-state index contributed by atoms with van der Waals surface area (Å²) in [5, 5.41) is 2.78. The molecule has 2 saturated heterocycles. The minimum absolute atomic E-state index is 0.0192. The van der Waals surface area contributed by atoms with E-state index in [1.807, 2.05) is 41.3 Å². The highest BCUT2D eigenvalue weighted by Gasteiger charge is 2.41. The van der Waals surface area contributed by atoms with Gasteiger partial charge in [-0.25, -0.2) is 0 Å². The number of nitrogens with zero attached hydrogens (tertiary/aromatic N) is 3. The predicted molar refractivity (Wildman–Crippen MR) is 134 cm³/mol. The Bertz CT molecular complexity index is 1140. The summed E-state index contributed by atoms with van der Waals surface area (Å²) in [4.78, 5) is 57.2. The summed E-state index contributed by atoms with van der Waals surface area (Å²) in [6.45, 7) is 2.90. The molecule has 2 fully saturated rings. The van der Waals surface area contributed by atoms with Crippen molar-refractivity contribution in [3.63, 3.8) is 0 Å². The summed E-state index contributed by atoms with van der Waals surface area (Å²) in [7, 11) is 0. The standard InChI is InChI=1S/C28H32N4O4/c33-24(30-16-12-21(13-17-30)27(35)31-14-6-7-15-31)18-29-26(34)25-22-10-4-5-11-23(22)28(36)32(25)19-20-8-2-1-3-9-20/h1-5,8-11,21,25H,6-7,12-19H2,(H,29,34). The van der Waals surface area contributed by atoms with E-state index in [1.54, 1.807) is 28.0 Å². The maximum atomic E-state index is 13.3. The van der Waals surface area contributed by atoms with E-state index in [0.717, 1.165) is 31.5 Å². The Morgan fingerprint density at radius 1 is 0.833 bits per heavy atom. The molecular formula is C28H32N4O4. The van der Waals surface area contributed by atoms with Gasteiger partial charge in [0, 0.05) is 44.2 Å². The molecule has 1 atom stereocenters. The molecule has 0 aromatic heterocycles. The van der Waals surface area contributed by atoms with Gasteiger partial charge < -0.3 is 20.0 Å². The molecule has 0 spiro atoms. The summed E-state index contributed by atoms with van der Waals surface area (Å²) < 4.78 is 0. The SMILES string of the molecule is O=C(NCC(=O)N1CCC(C(=O)N2CCCC2)CC1)C1c2ccccc2C(=O)N1Cc1ccccc1. The number of hydrogen-bond acceptors (Lipinski definition) is 4. The number of carbonyl (C=O) groups excluding carboxylic acids is 4. The normalized spacial score (nSPS) is 19.9. The second-order valence-corrected chi connectivity index (χ2v) is 9.81. The zero-order chi connectivity index (χ0) is 25.1. The second kappa shape index (κ2) is 10.5. The summed E-state index contributed by atoms with van der Waals surface area (Å²) >= 11 is 0. The molecule has 3 aliphatic heterocycles. The second-order valence-electron chi connectivity index (χ2n) is 9.81. The molecule has 1 N–H and O–H groups in total. The Labute approximate surface area is 211 Å². The number of nitrogens with one attached hydrogen (secondary N) is 1. The zero-order valence-corrected chi connectivity index (χ0v) is 20.4. The van der Waals surface area contributed by atoms with Crippen molar-refractivity contribution in [2.45, 2.75) is 38.3 Å². The molecule has 188 valence electrons. The fraction of sp³-hybridized carbons (Fsp3) is 0.429. The van der Waals surface area contributed by atoms with Crippen molar-refractivity contribution in [3.05, 3.63) is 71.3 Å². The summed E-state index contributed by atoms with van der Waals surface area (Å²) in [6.07, 6.45) is 3.46. The lowest BCUT2D eigenvalue weighted by Crippen LogP contribution is -2.48. The Balaban J connectivity index is 1.19. The van der Waals surface area contributed by atoms with E-state index in [-0.39, 0.29) is 36.1 Å². The Morgan fingerprint density at radius 3 is 2.22 bits per heavy atom. The van der Waals surface area contributed by atoms with Crippen molar-refractivity contribution < 1.29 is 19.2 Å². The molecule has 1 unspecified atom stereocenters. The van der Waals surface area contributed by atoms with Crippen LogP contribution in [0.25, 0.3) is 0 Å². The van der Waals surface area contributed by atoms with E-state index in [9.17, 15) is 19.2 Å². The first-order chi connectivity index (χ1) is 17.5. The van der Waals surface area contributed by atoms with Crippen LogP contribution in [-0.2, 0) is 20.9 Å². The number of piperidine rings is 1. The van der Waals surface area contributed by atoms with E-state index in [4.69, 9.17) is 0 Å². The van der Waals surface area contributed by atoms with E-state index in [2.05, 4.69) is 5.32 Å². The van der Waals surface area contributed by atoms with Gasteiger partial charge in [-0.05, 0) is 42.9 Å². The molecular weight excluding hydrogens is 456 g/mol. The molecule has 4 amide bonds. The molecule has 0 saturated carbocycles. The number of rotatable bonds is 6. The molecule has 2 aromatic carbocycles. The third kappa shape index (κ3) is 4.85. The highest BCUT2D eigenvalue weighted by atomic mass is 16.2. The molecule has 36 heavy (non-hydrogen) atoms. The van der Waals surface area contributed by atoms with Crippen LogP contribution < -0.4 is 5.32 Å². The maximum absolute atomic E-state index is 13.3. The van der Waals surface area contributed by atoms with Crippen LogP contribution in [0.4, 0.5) is 0 Å². The minimum Gasteiger partial charge on any atom is -0.345 e. The quantitative estimate of drug-likeness (QED) is 0.676. The highest BCUT2D eigenvalue weighted by molar-refractivity contribution is 6.05. The monoisotopic (exact) mass is 488 g/mol. The lowest BCUT2D eigenvalue weighted by Gasteiger charge is -2.33. The van der Waals surface area contributed by atoms with Crippen LogP contribution in [0, 0.1) is 5.92 Å². The van der Waals surface area contributed by atoms with Gasteiger partial charge in [-0.15, -0.1) is 0 Å². The van der Waals surface area contributed by atoms with Gasteiger partial charge in [-0.3, -0.25) is 19.2 Å². The van der Waals surface area contributed by atoms with Crippen LogP contribution >= 0.6 is 0 Å². The summed E-state index contributed by atoms with van der Waals surface area (Å²) in [5.41, 5.74) is 2.10. The van der Waals surface area contributed by atoms with Crippen molar-refractivity contribution >= 4 is 23.6 Å². The average molecular weight is 489 g/mol. The van der Waals surface area contributed by atoms with Gasteiger partial charge in [0.05, 0.1) is 6.54 Å². The first-order valence-corrected chi connectivity index (χ1v) is 12.8. The largest absolute Gasteiger partial charge is 0.345 e. The van der Waals surface area contributed by atoms with Crippen molar-refractivity contribution in [2.24, 2.45) is 5.92 Å². The van der Waals surface area contributed by atoms with Crippen LogP contribution in [-0.4, -0.2) is 71.1 Å². The molecule has 3 heterocycles. The average Bonchev–Trinajstić information content (AvgIpc) is 3.55. The fourth-order valence-corrected chi connectivity index (χ4v) is 5.54. The van der Waals surface area contributed by atoms with Crippen LogP contribution in [0.5, 0.6) is 0 Å². The van der Waals surface area contributed by atoms with Crippen LogP contribution in [0.2, 0.25) is 0 Å². The molecule has 0 bridgehead atoms. The van der Waals surface area contributed by atoms with Gasteiger partial charge in [0.1, 0.15) is 6.04 Å². The number of amides is 4. The fourth-order valence-electron chi connectivity index (χ4n) is 5.54. The van der Waals surface area contributed by atoms with Gasteiger partial charge >= 0.3 is 0 Å². The lowest BCUT2D eigenvalue weighted by atomic mass is 9.95. The first kappa shape index (κ1) is 24.0. The van der Waals surface area contributed by atoms with Crippen LogP contribution in [0.3, 0.4) is 0 Å². The smallest absolute Gasteiger partial charge is 0.255 e. The molecule has 8 nitrogen and oxygen atoms in total. The van der Waals surface area contributed by atoms with Gasteiger partial charge in [-0.2, -0.15) is 0 Å². The molecule has 5 rings (SSSR count). The maximum Gasteiger partial charge on any atom is 0.255 e. The van der Waals surface area contributed by atoms with Gasteiger partial charge in [-0.1, -0.05) is 48.5 Å². The van der Waals surface area contributed by atoms with Crippen molar-refractivity contribution in [1.29, 1.82) is 0 Å². The number of benzene rings is 2. The van der Waals surface area contributed by atoms with Crippen LogP contribution in [0.15, 0.2) is 54.6 Å².